The number of benzene rings is 1. The van der Waals surface area contributed by atoms with E-state index in [1.807, 2.05) is 16.8 Å². The van der Waals surface area contributed by atoms with Crippen molar-refractivity contribution in [2.75, 3.05) is 6.61 Å². The van der Waals surface area contributed by atoms with Crippen molar-refractivity contribution in [1.29, 1.82) is 0 Å². The largest absolute Gasteiger partial charge is 0.376 e. The van der Waals surface area contributed by atoms with Crippen LogP contribution in [0.1, 0.15) is 75.4 Å². The van der Waals surface area contributed by atoms with E-state index >= 15 is 0 Å². The van der Waals surface area contributed by atoms with Crippen molar-refractivity contribution in [2.24, 2.45) is 5.92 Å². The highest BCUT2D eigenvalue weighted by molar-refractivity contribution is 5.79. The number of H-pyrrole nitrogens is 1. The highest BCUT2D eigenvalue weighted by Crippen LogP contribution is 2.36. The fraction of sp³-hybridized carbons (Fsp3) is 0.615. The molecule has 1 aliphatic carbocycles. The minimum atomic E-state index is -0.0131. The van der Waals surface area contributed by atoms with Gasteiger partial charge in [0, 0.05) is 30.3 Å². The van der Waals surface area contributed by atoms with Crippen LogP contribution in [0.15, 0.2) is 29.1 Å². The van der Waals surface area contributed by atoms with E-state index in [1.165, 1.54) is 18.4 Å². The van der Waals surface area contributed by atoms with Crippen LogP contribution in [0.3, 0.4) is 0 Å². The van der Waals surface area contributed by atoms with Gasteiger partial charge < -0.3 is 9.72 Å². The summed E-state index contributed by atoms with van der Waals surface area (Å²) in [6.45, 7) is 8.61. The van der Waals surface area contributed by atoms with Crippen LogP contribution in [-0.4, -0.2) is 48.8 Å². The second-order valence-corrected chi connectivity index (χ2v) is 10.4. The van der Waals surface area contributed by atoms with Crippen molar-refractivity contribution >= 4 is 10.9 Å². The van der Waals surface area contributed by atoms with Gasteiger partial charge in [0.2, 0.25) is 0 Å². The zero-order valence-electron chi connectivity index (χ0n) is 20.5. The van der Waals surface area contributed by atoms with E-state index in [9.17, 15) is 4.79 Å². The monoisotopic (exact) mass is 464 g/mol. The minimum absolute atomic E-state index is 0.0131. The van der Waals surface area contributed by atoms with Gasteiger partial charge in [-0.3, -0.25) is 9.69 Å². The lowest BCUT2D eigenvalue weighted by molar-refractivity contribution is 0.0718. The number of tetrazole rings is 1. The van der Waals surface area contributed by atoms with Gasteiger partial charge in [0.15, 0.2) is 5.82 Å². The Morgan fingerprint density at radius 1 is 1.18 bits per heavy atom. The molecule has 2 atom stereocenters. The van der Waals surface area contributed by atoms with Gasteiger partial charge in [-0.05, 0) is 72.5 Å². The number of nitrogens with zero attached hydrogens (tertiary/aromatic N) is 5. The second-order valence-electron chi connectivity index (χ2n) is 10.4. The van der Waals surface area contributed by atoms with Crippen LogP contribution in [0.5, 0.6) is 0 Å². The van der Waals surface area contributed by atoms with Gasteiger partial charge in [0.25, 0.3) is 5.56 Å². The molecule has 0 bridgehead atoms. The molecule has 5 rings (SSSR count). The highest BCUT2D eigenvalue weighted by Gasteiger charge is 2.36. The summed E-state index contributed by atoms with van der Waals surface area (Å²) < 4.78 is 7.81. The van der Waals surface area contributed by atoms with Gasteiger partial charge in [-0.2, -0.15) is 0 Å². The molecule has 182 valence electrons. The number of aryl methyl sites for hydroxylation is 1. The Labute approximate surface area is 200 Å². The van der Waals surface area contributed by atoms with Crippen LogP contribution >= 0.6 is 0 Å². The van der Waals surface area contributed by atoms with Crippen LogP contribution in [0.25, 0.3) is 10.9 Å². The first kappa shape index (κ1) is 23.2. The fourth-order valence-electron chi connectivity index (χ4n) is 5.74. The third-order valence-electron chi connectivity index (χ3n) is 7.44. The van der Waals surface area contributed by atoms with E-state index in [1.54, 1.807) is 0 Å². The zero-order valence-corrected chi connectivity index (χ0v) is 20.5. The van der Waals surface area contributed by atoms with Gasteiger partial charge >= 0.3 is 0 Å². The van der Waals surface area contributed by atoms with Gasteiger partial charge in [-0.1, -0.05) is 38.3 Å². The molecule has 1 saturated carbocycles. The first-order chi connectivity index (χ1) is 16.5. The molecule has 8 nitrogen and oxygen atoms in total. The molecule has 0 amide bonds. The van der Waals surface area contributed by atoms with Gasteiger partial charge in [0.1, 0.15) is 0 Å². The summed E-state index contributed by atoms with van der Waals surface area (Å²) in [5.74, 6) is 1.17. The third-order valence-corrected chi connectivity index (χ3v) is 7.44. The summed E-state index contributed by atoms with van der Waals surface area (Å²) in [4.78, 5) is 18.7. The quantitative estimate of drug-likeness (QED) is 0.539. The number of hydrogen-bond acceptors (Lipinski definition) is 6. The zero-order chi connectivity index (χ0) is 23.7. The molecule has 3 aromatic rings. The van der Waals surface area contributed by atoms with Crippen molar-refractivity contribution in [3.63, 3.8) is 0 Å². The average Bonchev–Trinajstić information content (AvgIpc) is 3.58. The Kier molecular flexibility index (Phi) is 6.79. The van der Waals surface area contributed by atoms with Crippen molar-refractivity contribution in [1.82, 2.24) is 30.1 Å². The molecule has 2 fully saturated rings. The summed E-state index contributed by atoms with van der Waals surface area (Å²) in [7, 11) is 0. The summed E-state index contributed by atoms with van der Waals surface area (Å²) in [6.07, 6.45) is 7.03. The number of rotatable bonds is 8. The molecule has 0 unspecified atom stereocenters. The first-order valence-electron chi connectivity index (χ1n) is 12.8. The molecule has 1 N–H and O–H groups in total. The van der Waals surface area contributed by atoms with E-state index in [-0.39, 0.29) is 23.6 Å². The number of ether oxygens (including phenoxy) is 1. The van der Waals surface area contributed by atoms with Gasteiger partial charge in [-0.25, -0.2) is 4.68 Å². The summed E-state index contributed by atoms with van der Waals surface area (Å²) in [6, 6.07) is 8.65. The predicted octanol–water partition coefficient (Wildman–Crippen LogP) is 4.14. The van der Waals surface area contributed by atoms with E-state index in [2.05, 4.69) is 58.3 Å². The molecule has 1 aromatic carbocycles. The molecule has 1 aliphatic heterocycles. The van der Waals surface area contributed by atoms with Gasteiger partial charge in [-0.15, -0.1) is 5.10 Å². The SMILES string of the molecule is Cc1ccc2[nH]c(=O)c(CN(C3CCCC3)[C@@H](c3nnnn3C[C@@H]3CCCO3)C(C)C)cc2c1. The maximum absolute atomic E-state index is 13.1. The molecule has 1 saturated heterocycles. The van der Waals surface area contributed by atoms with Crippen molar-refractivity contribution in [3.05, 3.63) is 51.6 Å². The lowest BCUT2D eigenvalue weighted by Crippen LogP contribution is -2.41. The maximum Gasteiger partial charge on any atom is 0.252 e. The Morgan fingerprint density at radius 2 is 2.00 bits per heavy atom. The number of hydrogen-bond donors (Lipinski definition) is 1. The number of aromatic amines is 1. The van der Waals surface area contributed by atoms with Crippen LogP contribution in [0.2, 0.25) is 0 Å². The predicted molar refractivity (Wildman–Crippen MR) is 131 cm³/mol. The molecule has 2 aliphatic rings. The van der Waals surface area contributed by atoms with Crippen molar-refractivity contribution < 1.29 is 4.74 Å². The molecule has 3 heterocycles. The Morgan fingerprint density at radius 3 is 2.74 bits per heavy atom. The molecule has 8 heteroatoms. The summed E-state index contributed by atoms with van der Waals surface area (Å²) in [5.41, 5.74) is 2.86. The Hall–Kier alpha value is -2.58. The lowest BCUT2D eigenvalue weighted by atomic mass is 9.97. The number of aromatic nitrogens is 5. The van der Waals surface area contributed by atoms with Crippen LogP contribution < -0.4 is 5.56 Å². The smallest absolute Gasteiger partial charge is 0.252 e. The van der Waals surface area contributed by atoms with E-state index in [0.717, 1.165) is 54.6 Å². The number of fused-ring (bicyclic) bond motifs is 1. The maximum atomic E-state index is 13.1. The molecule has 2 aromatic heterocycles. The molecule has 0 spiro atoms. The lowest BCUT2D eigenvalue weighted by Gasteiger charge is -2.38. The number of pyridine rings is 1. The first-order valence-corrected chi connectivity index (χ1v) is 12.8. The number of nitrogens with one attached hydrogen (secondary N) is 1. The molecular formula is C26H36N6O2. The van der Waals surface area contributed by atoms with E-state index in [4.69, 9.17) is 4.74 Å². The third kappa shape index (κ3) is 4.79. The fourth-order valence-corrected chi connectivity index (χ4v) is 5.74. The van der Waals surface area contributed by atoms with Crippen LogP contribution in [-0.2, 0) is 17.8 Å². The average molecular weight is 465 g/mol. The summed E-state index contributed by atoms with van der Waals surface area (Å²) >= 11 is 0. The molecule has 0 radical (unpaired) electrons. The van der Waals surface area contributed by atoms with Crippen LogP contribution in [0.4, 0.5) is 0 Å². The topological polar surface area (TPSA) is 88.9 Å². The van der Waals surface area contributed by atoms with Crippen molar-refractivity contribution in [2.45, 2.75) is 90.6 Å². The summed E-state index contributed by atoms with van der Waals surface area (Å²) in [5, 5.41) is 14.0. The Bertz CT molecular complexity index is 1170. The highest BCUT2D eigenvalue weighted by atomic mass is 16.5. The molecule has 34 heavy (non-hydrogen) atoms. The van der Waals surface area contributed by atoms with E-state index in [0.29, 0.717) is 19.1 Å². The second kappa shape index (κ2) is 9.96. The minimum Gasteiger partial charge on any atom is -0.376 e. The molecular weight excluding hydrogens is 428 g/mol. The van der Waals surface area contributed by atoms with Crippen molar-refractivity contribution in [3.8, 4) is 0 Å². The van der Waals surface area contributed by atoms with Gasteiger partial charge in [0.05, 0.1) is 18.7 Å². The van der Waals surface area contributed by atoms with Crippen LogP contribution in [0, 0.1) is 12.8 Å². The standard InChI is InChI=1S/C26H36N6O2/c1-17(2)24(25-28-29-30-32(25)16-22-9-6-12-34-22)31(21-7-4-5-8-21)15-20-14-19-13-18(3)10-11-23(19)27-26(20)33/h10-11,13-14,17,21-22,24H,4-9,12,15-16H2,1-3H3,(H,27,33)/t22-,24+/m0/s1. The Balaban J connectivity index is 1.51. The van der Waals surface area contributed by atoms with E-state index < -0.39 is 0 Å². The normalized spacial score (nSPS) is 20.2.